The van der Waals surface area contributed by atoms with Gasteiger partial charge in [-0.1, -0.05) is 44.2 Å². The Morgan fingerprint density at radius 1 is 0.875 bits per heavy atom. The highest BCUT2D eigenvalue weighted by Gasteiger charge is 2.53. The normalized spacial score (nSPS) is 17.4. The predicted octanol–water partition coefficient (Wildman–Crippen LogP) is 5.64. The zero-order chi connectivity index (χ0) is 62.4. The number of rotatable bonds is 32. The molecule has 6 aromatic rings. The first-order valence-electron chi connectivity index (χ1n) is 29.8. The number of β-amino-alcohol motifs (C(OH)–C–C–N with tert-alkyl or cyclic N) is 1. The SMILES string of the molecule is Cc1ncsc1-c1ccc(CNC(=O)[C@@H]2C[C@@H](O)CN2C(=O)[C@@H](NC(O)C2(F)CC2)C(C)(C)C)c(OCCOCCOCCOCCOCCOCCC(=O)N2CCN(c3nnc(-c4cnc(-c5ccc6cc(C#N)cnn56)cc4NC(C)C)s3)CC2)c1. The van der Waals surface area contributed by atoms with Crippen molar-refractivity contribution >= 4 is 56.7 Å². The summed E-state index contributed by atoms with van der Waals surface area (Å²) >= 11 is 2.99. The largest absolute Gasteiger partial charge is 0.491 e. The fourth-order valence-corrected chi connectivity index (χ4v) is 12.0. The van der Waals surface area contributed by atoms with E-state index in [1.165, 1.54) is 27.6 Å². The van der Waals surface area contributed by atoms with Crippen LogP contribution in [0.15, 0.2) is 60.4 Å². The Morgan fingerprint density at radius 2 is 1.56 bits per heavy atom. The molecule has 474 valence electrons. The molecular formula is C61H80FN13O11S2. The van der Waals surface area contributed by atoms with Crippen LogP contribution in [0.3, 0.4) is 0 Å². The van der Waals surface area contributed by atoms with Crippen LogP contribution in [0.1, 0.15) is 77.1 Å². The van der Waals surface area contributed by atoms with Gasteiger partial charge in [0.1, 0.15) is 36.4 Å². The Hall–Kier alpha value is -6.84. The van der Waals surface area contributed by atoms with Crippen molar-refractivity contribution < 1.29 is 57.4 Å². The molecule has 3 fully saturated rings. The Labute approximate surface area is 519 Å². The summed E-state index contributed by atoms with van der Waals surface area (Å²) in [6, 6.07) is 13.6. The molecule has 1 saturated carbocycles. The van der Waals surface area contributed by atoms with Crippen LogP contribution in [-0.2, 0) is 44.6 Å². The Balaban J connectivity index is 0.606. The van der Waals surface area contributed by atoms with E-state index >= 15 is 0 Å². The van der Waals surface area contributed by atoms with Gasteiger partial charge in [0.25, 0.3) is 0 Å². The molecule has 1 aliphatic carbocycles. The summed E-state index contributed by atoms with van der Waals surface area (Å²) in [5.74, 6) is -0.380. The number of nitriles is 1. The van der Waals surface area contributed by atoms with E-state index in [9.17, 15) is 34.2 Å². The molecule has 1 aromatic carbocycles. The number of hydrogen-bond donors (Lipinski definition) is 5. The van der Waals surface area contributed by atoms with Crippen molar-refractivity contribution in [3.63, 3.8) is 0 Å². The van der Waals surface area contributed by atoms with Crippen LogP contribution in [0, 0.1) is 23.7 Å². The Bertz CT molecular complexity index is 3340. The fourth-order valence-electron chi connectivity index (χ4n) is 10.3. The number of benzene rings is 1. The number of nitrogens with one attached hydrogen (secondary N) is 3. The van der Waals surface area contributed by atoms with Gasteiger partial charge in [0.05, 0.1) is 135 Å². The van der Waals surface area contributed by atoms with Crippen molar-refractivity contribution in [3.8, 4) is 44.2 Å². The number of hydrogen-bond acceptors (Lipinski definition) is 22. The van der Waals surface area contributed by atoms with E-state index in [2.05, 4.69) is 61.0 Å². The number of alkyl halides is 1. The van der Waals surface area contributed by atoms with Crippen molar-refractivity contribution in [1.82, 2.24) is 50.2 Å². The number of aliphatic hydroxyl groups excluding tert-OH is 2. The zero-order valence-corrected chi connectivity index (χ0v) is 52.4. The van der Waals surface area contributed by atoms with E-state index in [0.717, 1.165) is 54.4 Å². The third-order valence-corrected chi connectivity index (χ3v) is 17.3. The quantitative estimate of drug-likeness (QED) is 0.0252. The number of aryl methyl sites for hydroxylation is 1. The van der Waals surface area contributed by atoms with E-state index in [4.69, 9.17) is 33.4 Å². The van der Waals surface area contributed by atoms with E-state index in [1.54, 1.807) is 49.3 Å². The first kappa shape index (κ1) is 65.6. The highest BCUT2D eigenvalue weighted by Crippen LogP contribution is 2.43. The number of fused-ring (bicyclic) bond motifs is 1. The topological polar surface area (TPSA) is 286 Å². The summed E-state index contributed by atoms with van der Waals surface area (Å²) < 4.78 is 51.2. The second-order valence-corrected chi connectivity index (χ2v) is 25.2. The lowest BCUT2D eigenvalue weighted by Crippen LogP contribution is -2.60. The Morgan fingerprint density at radius 3 is 2.19 bits per heavy atom. The van der Waals surface area contributed by atoms with Gasteiger partial charge < -0.3 is 64.0 Å². The standard InChI is InChI=1S/C61H80FN13O11S2/c1-39(2)68-47-32-48(49-10-9-44-29-41(33-63)34-67-75(44)49)64-36-46(47)56-70-71-59(88-56)73-16-14-72(15-17-73)52(77)11-18-81-19-20-82-21-22-83-23-24-84-25-26-85-27-28-86-51-30-42(53-40(3)66-38-87-53)7-8-43(51)35-65-55(78)50-31-45(76)37-74(50)57(79)54(60(4,5)6)69-58(80)61(62)12-13-61/h7-10,29-30,32,34,36,38-39,45,50,54,58,69,76,80H,11-28,31,35,37H2,1-6H3,(H,64,68)(H,65,78)/t45-,50+,54-,58?/m1/s1. The fraction of sp³-hybridized carbons (Fsp3) is 0.557. The molecule has 3 aliphatic rings. The molecular weight excluding hydrogens is 1170 g/mol. The van der Waals surface area contributed by atoms with Crippen LogP contribution >= 0.6 is 22.7 Å². The minimum absolute atomic E-state index is 0.0299. The van der Waals surface area contributed by atoms with Crippen LogP contribution < -0.4 is 25.6 Å². The average Bonchev–Trinajstić information content (AvgIpc) is 2.34. The lowest BCUT2D eigenvalue weighted by molar-refractivity contribution is -0.144. The number of aliphatic hydroxyl groups is 2. The summed E-state index contributed by atoms with van der Waals surface area (Å²) in [6.45, 7) is 17.6. The van der Waals surface area contributed by atoms with Crippen LogP contribution in [0.5, 0.6) is 5.75 Å². The summed E-state index contributed by atoms with van der Waals surface area (Å²) in [5, 5.41) is 54.8. The minimum atomic E-state index is -1.79. The molecule has 5 aromatic heterocycles. The number of anilines is 2. The first-order valence-corrected chi connectivity index (χ1v) is 31.5. The van der Waals surface area contributed by atoms with Crippen molar-refractivity contribution in [3.05, 3.63) is 77.2 Å². The maximum atomic E-state index is 14.8. The number of amides is 3. The molecule has 4 atom stereocenters. The van der Waals surface area contributed by atoms with Crippen LogP contribution in [0.4, 0.5) is 15.2 Å². The lowest BCUT2D eigenvalue weighted by Gasteiger charge is -2.37. The molecule has 0 radical (unpaired) electrons. The molecule has 2 aliphatic heterocycles. The van der Waals surface area contributed by atoms with Gasteiger partial charge in [-0.25, -0.2) is 13.9 Å². The molecule has 88 heavy (non-hydrogen) atoms. The number of aromatic nitrogens is 6. The molecule has 1 unspecified atom stereocenters. The molecule has 2 saturated heterocycles. The van der Waals surface area contributed by atoms with Crippen molar-refractivity contribution in [2.24, 2.45) is 5.41 Å². The third-order valence-electron chi connectivity index (χ3n) is 15.3. The van der Waals surface area contributed by atoms with Gasteiger partial charge in [0.15, 0.2) is 5.01 Å². The lowest BCUT2D eigenvalue weighted by atomic mass is 9.85. The molecule has 3 amide bonds. The van der Waals surface area contributed by atoms with E-state index in [0.29, 0.717) is 103 Å². The van der Waals surface area contributed by atoms with Gasteiger partial charge in [0.2, 0.25) is 22.9 Å². The summed E-state index contributed by atoms with van der Waals surface area (Å²) in [5.41, 5.74) is 6.25. The Kier molecular flexibility index (Phi) is 22.8. The molecule has 24 nitrogen and oxygen atoms in total. The van der Waals surface area contributed by atoms with Crippen molar-refractivity contribution in [2.75, 3.05) is 116 Å². The number of thiazole rings is 1. The number of halogens is 1. The molecule has 5 N–H and O–H groups in total. The number of nitrogens with zero attached hydrogens (tertiary/aromatic N) is 10. The van der Waals surface area contributed by atoms with E-state index < -0.39 is 47.3 Å². The summed E-state index contributed by atoms with van der Waals surface area (Å²) in [4.78, 5) is 56.3. The van der Waals surface area contributed by atoms with Gasteiger partial charge in [-0.3, -0.25) is 24.7 Å². The summed E-state index contributed by atoms with van der Waals surface area (Å²) in [6.07, 6.45) is 1.57. The molecule has 9 rings (SSSR count). The highest BCUT2D eigenvalue weighted by atomic mass is 32.1. The van der Waals surface area contributed by atoms with Gasteiger partial charge in [-0.15, -0.1) is 21.5 Å². The van der Waals surface area contributed by atoms with Crippen LogP contribution in [0.25, 0.3) is 37.9 Å². The van der Waals surface area contributed by atoms with Gasteiger partial charge >= 0.3 is 0 Å². The van der Waals surface area contributed by atoms with Crippen molar-refractivity contribution in [2.45, 2.75) is 110 Å². The number of piperazine rings is 1. The minimum Gasteiger partial charge on any atom is -0.491 e. The highest BCUT2D eigenvalue weighted by molar-refractivity contribution is 7.18. The zero-order valence-electron chi connectivity index (χ0n) is 50.7. The maximum absolute atomic E-state index is 14.8. The number of likely N-dealkylation sites (tertiary alicyclic amines) is 1. The number of ether oxygens (including phenoxy) is 6. The second kappa shape index (κ2) is 30.6. The average molecular weight is 1250 g/mol. The number of carbonyl (C=O) groups is 3. The number of carbonyl (C=O) groups excluding carboxylic acids is 3. The first-order chi connectivity index (χ1) is 42.4. The predicted molar refractivity (Wildman–Crippen MR) is 330 cm³/mol. The van der Waals surface area contributed by atoms with Crippen LogP contribution in [-0.4, -0.2) is 209 Å². The molecule has 7 heterocycles. The third kappa shape index (κ3) is 17.3. The maximum Gasteiger partial charge on any atom is 0.243 e. The van der Waals surface area contributed by atoms with E-state index in [1.807, 2.05) is 48.2 Å². The van der Waals surface area contributed by atoms with Crippen LogP contribution in [0.2, 0.25) is 0 Å². The number of pyridine rings is 1. The molecule has 0 spiro atoms. The van der Waals surface area contributed by atoms with Crippen molar-refractivity contribution in [1.29, 1.82) is 5.26 Å². The van der Waals surface area contributed by atoms with Gasteiger partial charge in [0, 0.05) is 69.2 Å². The van der Waals surface area contributed by atoms with E-state index in [-0.39, 0.29) is 63.9 Å². The monoisotopic (exact) mass is 1250 g/mol. The smallest absolute Gasteiger partial charge is 0.243 e. The van der Waals surface area contributed by atoms with Gasteiger partial charge in [-0.05, 0) is 74.9 Å². The molecule has 27 heteroatoms. The summed E-state index contributed by atoms with van der Waals surface area (Å²) in [7, 11) is 0. The molecule has 0 bridgehead atoms. The van der Waals surface area contributed by atoms with Gasteiger partial charge in [-0.2, -0.15) is 10.4 Å². The second-order valence-electron chi connectivity index (χ2n) is 23.3.